The van der Waals surface area contributed by atoms with Crippen molar-refractivity contribution in [2.45, 2.75) is 6.04 Å². The molecule has 0 radical (unpaired) electrons. The van der Waals surface area contributed by atoms with E-state index in [1.165, 1.54) is 0 Å². The second kappa shape index (κ2) is 15.2. The molecule has 33 heavy (non-hydrogen) atoms. The fourth-order valence-electron chi connectivity index (χ4n) is 3.39. The molecule has 1 rings (SSSR count). The van der Waals surface area contributed by atoms with Crippen molar-refractivity contribution < 1.29 is 39.3 Å². The highest BCUT2D eigenvalue weighted by molar-refractivity contribution is 5.81. The van der Waals surface area contributed by atoms with Crippen LogP contribution in [0.4, 0.5) is 0 Å². The van der Waals surface area contributed by atoms with Gasteiger partial charge in [0.1, 0.15) is 6.29 Å². The van der Waals surface area contributed by atoms with E-state index in [4.69, 9.17) is 10.8 Å². The Morgan fingerprint density at radius 3 is 1.24 bits per heavy atom. The van der Waals surface area contributed by atoms with Crippen LogP contribution in [0.1, 0.15) is 0 Å². The van der Waals surface area contributed by atoms with E-state index < -0.39 is 29.9 Å². The number of carbonyl (C=O) groups excluding carboxylic acids is 2. The summed E-state index contributed by atoms with van der Waals surface area (Å²) in [6.07, 6.45) is 0.542. The molecule has 14 nitrogen and oxygen atoms in total. The maximum absolute atomic E-state index is 12.3. The summed E-state index contributed by atoms with van der Waals surface area (Å²) in [7, 11) is 0. The third kappa shape index (κ3) is 12.8. The Balaban J connectivity index is 2.95. The summed E-state index contributed by atoms with van der Waals surface area (Å²) in [5.41, 5.74) is 5.43. The standard InChI is InChI=1S/C19H34N6O8/c20-9-15(14-26)21-16(27)10-22-1-3-23(11-17(28)29)5-7-25(13-19(32)33)8-6-24(4-2-22)12-18(30)31/h14-15H,1-13,20H2,(H,21,27)(H,28,29)(H,30,31)(H,32,33). The summed E-state index contributed by atoms with van der Waals surface area (Å²) in [4.78, 5) is 63.7. The lowest BCUT2D eigenvalue weighted by Crippen LogP contribution is -2.51. The van der Waals surface area contributed by atoms with Gasteiger partial charge in [0.2, 0.25) is 5.91 Å². The first-order valence-electron chi connectivity index (χ1n) is 10.6. The smallest absolute Gasteiger partial charge is 0.317 e. The molecule has 0 spiro atoms. The fourth-order valence-corrected chi connectivity index (χ4v) is 3.39. The number of nitrogens with one attached hydrogen (secondary N) is 1. The van der Waals surface area contributed by atoms with E-state index in [0.29, 0.717) is 58.6 Å². The van der Waals surface area contributed by atoms with Crippen molar-refractivity contribution in [3.8, 4) is 0 Å². The number of hydrogen-bond donors (Lipinski definition) is 5. The Morgan fingerprint density at radius 2 is 1.00 bits per heavy atom. The van der Waals surface area contributed by atoms with Gasteiger partial charge in [-0.3, -0.25) is 38.8 Å². The van der Waals surface area contributed by atoms with Gasteiger partial charge in [-0.15, -0.1) is 0 Å². The second-order valence-corrected chi connectivity index (χ2v) is 7.83. The molecular weight excluding hydrogens is 440 g/mol. The highest BCUT2D eigenvalue weighted by atomic mass is 16.4. The molecule has 1 aliphatic heterocycles. The van der Waals surface area contributed by atoms with Gasteiger partial charge in [-0.2, -0.15) is 0 Å². The number of nitrogens with two attached hydrogens (primary N) is 1. The molecule has 1 unspecified atom stereocenters. The van der Waals surface area contributed by atoms with Crippen LogP contribution < -0.4 is 11.1 Å². The minimum atomic E-state index is -1.03. The van der Waals surface area contributed by atoms with E-state index in [1.54, 1.807) is 19.6 Å². The predicted molar refractivity (Wildman–Crippen MR) is 116 cm³/mol. The van der Waals surface area contributed by atoms with E-state index in [9.17, 15) is 34.2 Å². The largest absolute Gasteiger partial charge is 0.480 e. The van der Waals surface area contributed by atoms with Crippen LogP contribution in [0.3, 0.4) is 0 Å². The van der Waals surface area contributed by atoms with Crippen molar-refractivity contribution in [2.75, 3.05) is 85.1 Å². The van der Waals surface area contributed by atoms with E-state index in [1.807, 2.05) is 0 Å². The van der Waals surface area contributed by atoms with Gasteiger partial charge in [-0.05, 0) is 0 Å². The second-order valence-electron chi connectivity index (χ2n) is 7.83. The van der Waals surface area contributed by atoms with Crippen molar-refractivity contribution in [3.63, 3.8) is 0 Å². The van der Waals surface area contributed by atoms with Crippen LogP contribution in [0.15, 0.2) is 0 Å². The third-order valence-electron chi connectivity index (χ3n) is 5.14. The Bertz CT molecular complexity index is 647. The summed E-state index contributed by atoms with van der Waals surface area (Å²) in [6, 6.07) is -0.808. The van der Waals surface area contributed by atoms with Gasteiger partial charge >= 0.3 is 17.9 Å². The van der Waals surface area contributed by atoms with Crippen LogP contribution in [-0.2, 0) is 24.0 Å². The van der Waals surface area contributed by atoms with Crippen LogP contribution in [0.25, 0.3) is 0 Å². The number of carboxylic acid groups (broad SMARTS) is 3. The number of carboxylic acids is 3. The van der Waals surface area contributed by atoms with Crippen molar-refractivity contribution in [1.29, 1.82) is 0 Å². The summed E-state index contributed by atoms with van der Waals surface area (Å²) in [5, 5.41) is 30.1. The minimum Gasteiger partial charge on any atom is -0.480 e. The molecule has 1 fully saturated rings. The highest BCUT2D eigenvalue weighted by Crippen LogP contribution is 2.01. The number of nitrogens with zero attached hydrogens (tertiary/aromatic N) is 4. The zero-order chi connectivity index (χ0) is 24.8. The van der Waals surface area contributed by atoms with Gasteiger partial charge in [-0.25, -0.2) is 0 Å². The van der Waals surface area contributed by atoms with Crippen molar-refractivity contribution in [2.24, 2.45) is 5.73 Å². The average molecular weight is 475 g/mol. The molecule has 0 aliphatic carbocycles. The predicted octanol–water partition coefficient (Wildman–Crippen LogP) is -3.90. The number of aldehydes is 1. The number of carbonyl (C=O) groups is 5. The lowest BCUT2D eigenvalue weighted by Gasteiger charge is -2.33. The maximum Gasteiger partial charge on any atom is 0.317 e. The summed E-state index contributed by atoms with van der Waals surface area (Å²) >= 11 is 0. The minimum absolute atomic E-state index is 0.0408. The first-order chi connectivity index (χ1) is 15.6. The zero-order valence-corrected chi connectivity index (χ0v) is 18.6. The Morgan fingerprint density at radius 1 is 0.697 bits per heavy atom. The number of rotatable bonds is 11. The highest BCUT2D eigenvalue weighted by Gasteiger charge is 2.21. The topological polar surface area (TPSA) is 197 Å². The molecule has 1 aliphatic rings. The number of aliphatic carboxylic acids is 3. The Labute approximate surface area is 191 Å². The van der Waals surface area contributed by atoms with Gasteiger partial charge < -0.3 is 31.2 Å². The van der Waals surface area contributed by atoms with Crippen LogP contribution in [0, 0.1) is 0 Å². The van der Waals surface area contributed by atoms with Crippen molar-refractivity contribution in [3.05, 3.63) is 0 Å². The number of hydrogen-bond acceptors (Lipinski definition) is 10. The van der Waals surface area contributed by atoms with E-state index in [2.05, 4.69) is 5.32 Å². The first kappa shape index (κ1) is 28.4. The van der Waals surface area contributed by atoms with Gasteiger partial charge in [0, 0.05) is 58.9 Å². The molecule has 0 saturated carbocycles. The molecule has 1 amide bonds. The lowest BCUT2D eigenvalue weighted by atomic mass is 10.3. The molecule has 0 aromatic rings. The summed E-state index contributed by atoms with van der Waals surface area (Å²) in [6.45, 7) is 1.55. The van der Waals surface area contributed by atoms with E-state index >= 15 is 0 Å². The number of amides is 1. The molecule has 1 saturated heterocycles. The third-order valence-corrected chi connectivity index (χ3v) is 5.14. The van der Waals surface area contributed by atoms with Gasteiger partial charge in [0.25, 0.3) is 0 Å². The van der Waals surface area contributed by atoms with Gasteiger partial charge in [0.05, 0.1) is 32.2 Å². The molecule has 1 heterocycles. The molecule has 188 valence electrons. The summed E-state index contributed by atoms with van der Waals surface area (Å²) < 4.78 is 0. The molecule has 0 aromatic carbocycles. The lowest BCUT2D eigenvalue weighted by molar-refractivity contribution is -0.140. The normalized spacial score (nSPS) is 19.1. The van der Waals surface area contributed by atoms with E-state index in [0.717, 1.165) is 0 Å². The first-order valence-corrected chi connectivity index (χ1v) is 10.6. The van der Waals surface area contributed by atoms with Crippen LogP contribution >= 0.6 is 0 Å². The Hall–Kier alpha value is -2.65. The fraction of sp³-hybridized carbons (Fsp3) is 0.737. The molecule has 0 bridgehead atoms. The Kier molecular flexibility index (Phi) is 13.1. The molecule has 1 atom stereocenters. The van der Waals surface area contributed by atoms with Crippen molar-refractivity contribution >= 4 is 30.1 Å². The van der Waals surface area contributed by atoms with Crippen LogP contribution in [-0.4, -0.2) is 156 Å². The average Bonchev–Trinajstić information content (AvgIpc) is 2.72. The SMILES string of the molecule is NCC(C=O)NC(=O)CN1CCN(CC(=O)O)CCN(CC(=O)O)CCN(CC(=O)O)CC1. The molecular formula is C19H34N6O8. The molecule has 0 aromatic heterocycles. The molecule has 6 N–H and O–H groups in total. The zero-order valence-electron chi connectivity index (χ0n) is 18.6. The molecule has 14 heteroatoms. The summed E-state index contributed by atoms with van der Waals surface area (Å²) in [5.74, 6) is -3.51. The van der Waals surface area contributed by atoms with Crippen molar-refractivity contribution in [1.82, 2.24) is 24.9 Å². The maximum atomic E-state index is 12.3. The van der Waals surface area contributed by atoms with Gasteiger partial charge in [0.15, 0.2) is 0 Å². The van der Waals surface area contributed by atoms with Gasteiger partial charge in [-0.1, -0.05) is 0 Å². The van der Waals surface area contributed by atoms with E-state index in [-0.39, 0.29) is 32.7 Å². The van der Waals surface area contributed by atoms with Crippen LogP contribution in [0.2, 0.25) is 0 Å². The quantitative estimate of drug-likeness (QED) is 0.182. The van der Waals surface area contributed by atoms with Crippen LogP contribution in [0.5, 0.6) is 0 Å². The monoisotopic (exact) mass is 474 g/mol.